The number of esters is 1. The number of carbonyl (C=O) groups excluding carboxylic acids is 1. The fourth-order valence-electron chi connectivity index (χ4n) is 2.89. The van der Waals surface area contributed by atoms with Crippen molar-refractivity contribution in [3.63, 3.8) is 0 Å². The van der Waals surface area contributed by atoms with Crippen molar-refractivity contribution in [2.75, 3.05) is 6.61 Å². The summed E-state index contributed by atoms with van der Waals surface area (Å²) in [7, 11) is 0. The van der Waals surface area contributed by atoms with E-state index in [4.69, 9.17) is 4.74 Å². The lowest BCUT2D eigenvalue weighted by atomic mass is 9.99. The number of carbonyl (C=O) groups is 1. The highest BCUT2D eigenvalue weighted by Gasteiger charge is 2.18. The molecule has 0 unspecified atom stereocenters. The van der Waals surface area contributed by atoms with E-state index in [0.717, 1.165) is 26.7 Å². The minimum Gasteiger partial charge on any atom is -0.461 e. The SMILES string of the molecule is CCOC(=O)c1cnnn1-c1ccc(-c2ccccc2)c(-c2nnc(C)s2)c1. The van der Waals surface area contributed by atoms with Crippen molar-refractivity contribution >= 4 is 17.3 Å². The summed E-state index contributed by atoms with van der Waals surface area (Å²) in [4.78, 5) is 12.2. The van der Waals surface area contributed by atoms with Crippen LogP contribution in [-0.4, -0.2) is 37.8 Å². The molecule has 0 aliphatic carbocycles. The van der Waals surface area contributed by atoms with Crippen LogP contribution in [-0.2, 0) is 4.74 Å². The molecule has 8 heteroatoms. The normalized spacial score (nSPS) is 10.8. The Balaban J connectivity index is 1.86. The molecule has 0 spiro atoms. The average Bonchev–Trinajstić information content (AvgIpc) is 3.38. The first-order valence-corrected chi connectivity index (χ1v) is 9.57. The van der Waals surface area contributed by atoms with Crippen molar-refractivity contribution in [3.8, 4) is 27.4 Å². The van der Waals surface area contributed by atoms with Gasteiger partial charge in [0.15, 0.2) is 5.69 Å². The van der Waals surface area contributed by atoms with Gasteiger partial charge in [0.05, 0.1) is 18.5 Å². The molecule has 0 aliphatic heterocycles. The van der Waals surface area contributed by atoms with E-state index >= 15 is 0 Å². The Bertz CT molecular complexity index is 1120. The average molecular weight is 391 g/mol. The number of nitrogens with zero attached hydrogens (tertiary/aromatic N) is 5. The minimum atomic E-state index is -0.465. The smallest absolute Gasteiger partial charge is 0.358 e. The molecule has 0 aliphatic rings. The van der Waals surface area contributed by atoms with Gasteiger partial charge in [0, 0.05) is 5.56 Å². The van der Waals surface area contributed by atoms with Crippen molar-refractivity contribution in [2.45, 2.75) is 13.8 Å². The van der Waals surface area contributed by atoms with Gasteiger partial charge >= 0.3 is 5.97 Å². The largest absolute Gasteiger partial charge is 0.461 e. The summed E-state index contributed by atoms with van der Waals surface area (Å²) in [5, 5.41) is 18.1. The molecule has 2 aromatic heterocycles. The van der Waals surface area contributed by atoms with Gasteiger partial charge in [0.25, 0.3) is 0 Å². The lowest BCUT2D eigenvalue weighted by Gasteiger charge is -2.11. The van der Waals surface area contributed by atoms with Gasteiger partial charge in [-0.25, -0.2) is 9.48 Å². The van der Waals surface area contributed by atoms with Gasteiger partial charge in [0.2, 0.25) is 0 Å². The zero-order chi connectivity index (χ0) is 19.5. The molecule has 140 valence electrons. The maximum absolute atomic E-state index is 12.2. The van der Waals surface area contributed by atoms with Crippen molar-refractivity contribution in [2.24, 2.45) is 0 Å². The fourth-order valence-corrected chi connectivity index (χ4v) is 3.61. The Morgan fingerprint density at radius 3 is 2.64 bits per heavy atom. The molecule has 0 N–H and O–H groups in total. The predicted octanol–water partition coefficient (Wildman–Crippen LogP) is 3.94. The van der Waals surface area contributed by atoms with Crippen LogP contribution in [0.1, 0.15) is 22.4 Å². The molecule has 7 nitrogen and oxygen atoms in total. The van der Waals surface area contributed by atoms with E-state index in [1.165, 1.54) is 22.2 Å². The van der Waals surface area contributed by atoms with Crippen LogP contribution in [0.3, 0.4) is 0 Å². The number of benzene rings is 2. The van der Waals surface area contributed by atoms with Crippen LogP contribution in [0.5, 0.6) is 0 Å². The summed E-state index contributed by atoms with van der Waals surface area (Å²) in [5.74, 6) is -0.465. The Labute approximate surface area is 165 Å². The predicted molar refractivity (Wildman–Crippen MR) is 106 cm³/mol. The van der Waals surface area contributed by atoms with E-state index in [-0.39, 0.29) is 12.3 Å². The number of hydrogen-bond donors (Lipinski definition) is 0. The maximum Gasteiger partial charge on any atom is 0.358 e. The zero-order valence-corrected chi connectivity index (χ0v) is 16.2. The zero-order valence-electron chi connectivity index (χ0n) is 15.4. The third-order valence-electron chi connectivity index (χ3n) is 4.12. The first-order valence-electron chi connectivity index (χ1n) is 8.75. The number of aryl methyl sites for hydroxylation is 1. The van der Waals surface area contributed by atoms with Gasteiger partial charge in [-0.15, -0.1) is 15.3 Å². The fraction of sp³-hybridized carbons (Fsp3) is 0.150. The van der Waals surface area contributed by atoms with Crippen LogP contribution >= 0.6 is 11.3 Å². The molecule has 4 rings (SSSR count). The first kappa shape index (κ1) is 18.0. The van der Waals surface area contributed by atoms with E-state index in [9.17, 15) is 4.79 Å². The molecule has 0 saturated heterocycles. The van der Waals surface area contributed by atoms with Crippen LogP contribution in [0.15, 0.2) is 54.7 Å². The van der Waals surface area contributed by atoms with E-state index in [2.05, 4.69) is 20.5 Å². The molecule has 0 bridgehead atoms. The van der Waals surface area contributed by atoms with Gasteiger partial charge < -0.3 is 4.74 Å². The Morgan fingerprint density at radius 2 is 1.93 bits per heavy atom. The maximum atomic E-state index is 12.2. The first-order chi connectivity index (χ1) is 13.7. The van der Waals surface area contributed by atoms with E-state index < -0.39 is 5.97 Å². The second kappa shape index (κ2) is 7.69. The summed E-state index contributed by atoms with van der Waals surface area (Å²) >= 11 is 1.52. The van der Waals surface area contributed by atoms with Crippen molar-refractivity contribution in [3.05, 3.63) is 65.4 Å². The second-order valence-corrected chi connectivity index (χ2v) is 7.16. The lowest BCUT2D eigenvalue weighted by Crippen LogP contribution is -2.12. The lowest BCUT2D eigenvalue weighted by molar-refractivity contribution is 0.0515. The molecule has 4 aromatic rings. The second-order valence-electron chi connectivity index (χ2n) is 5.97. The van der Waals surface area contributed by atoms with E-state index in [1.807, 2.05) is 55.5 Å². The molecule has 0 amide bonds. The Hall–Kier alpha value is -3.39. The number of hydrogen-bond acceptors (Lipinski definition) is 7. The third-order valence-corrected chi connectivity index (χ3v) is 4.99. The molecule has 0 atom stereocenters. The summed E-state index contributed by atoms with van der Waals surface area (Å²) < 4.78 is 6.58. The summed E-state index contributed by atoms with van der Waals surface area (Å²) in [6.07, 6.45) is 1.40. The summed E-state index contributed by atoms with van der Waals surface area (Å²) in [5.41, 5.74) is 3.98. The summed E-state index contributed by atoms with van der Waals surface area (Å²) in [6.45, 7) is 3.96. The van der Waals surface area contributed by atoms with Crippen LogP contribution in [0, 0.1) is 6.92 Å². The molecular formula is C20H17N5O2S. The highest BCUT2D eigenvalue weighted by Crippen LogP contribution is 2.35. The topological polar surface area (TPSA) is 82.8 Å². The number of aromatic nitrogens is 5. The summed E-state index contributed by atoms with van der Waals surface area (Å²) in [6, 6.07) is 15.9. The van der Waals surface area contributed by atoms with Crippen LogP contribution in [0.2, 0.25) is 0 Å². The molecule has 2 aromatic carbocycles. The Kier molecular flexibility index (Phi) is 4.94. The van der Waals surface area contributed by atoms with E-state index in [0.29, 0.717) is 5.69 Å². The van der Waals surface area contributed by atoms with Crippen LogP contribution in [0.25, 0.3) is 27.4 Å². The molecule has 0 radical (unpaired) electrons. The number of rotatable bonds is 5. The van der Waals surface area contributed by atoms with Crippen LogP contribution in [0.4, 0.5) is 0 Å². The van der Waals surface area contributed by atoms with Crippen molar-refractivity contribution in [1.82, 2.24) is 25.2 Å². The monoisotopic (exact) mass is 391 g/mol. The van der Waals surface area contributed by atoms with Crippen molar-refractivity contribution < 1.29 is 9.53 Å². The molecule has 0 fully saturated rings. The van der Waals surface area contributed by atoms with Gasteiger partial charge in [-0.05, 0) is 37.1 Å². The Morgan fingerprint density at radius 1 is 1.11 bits per heavy atom. The van der Waals surface area contributed by atoms with Crippen LogP contribution < -0.4 is 0 Å². The highest BCUT2D eigenvalue weighted by atomic mass is 32.1. The molecule has 0 saturated carbocycles. The van der Waals surface area contributed by atoms with Gasteiger partial charge in [-0.1, -0.05) is 52.9 Å². The van der Waals surface area contributed by atoms with E-state index in [1.54, 1.807) is 6.92 Å². The molecular weight excluding hydrogens is 374 g/mol. The number of ether oxygens (including phenoxy) is 1. The minimum absolute atomic E-state index is 0.272. The van der Waals surface area contributed by atoms with Gasteiger partial charge in [0.1, 0.15) is 10.0 Å². The third kappa shape index (κ3) is 3.41. The van der Waals surface area contributed by atoms with Gasteiger partial charge in [-0.2, -0.15) is 0 Å². The quantitative estimate of drug-likeness (QED) is 0.479. The van der Waals surface area contributed by atoms with Gasteiger partial charge in [-0.3, -0.25) is 0 Å². The van der Waals surface area contributed by atoms with Crippen molar-refractivity contribution in [1.29, 1.82) is 0 Å². The molecule has 28 heavy (non-hydrogen) atoms. The molecule has 2 heterocycles. The highest BCUT2D eigenvalue weighted by molar-refractivity contribution is 7.14. The standard InChI is InChI=1S/C20H17N5O2S/c1-3-27-20(26)18-12-21-24-25(18)15-9-10-16(14-7-5-4-6-8-14)17(11-15)19-23-22-13(2)28-19/h4-12H,3H2,1-2H3.